The summed E-state index contributed by atoms with van der Waals surface area (Å²) < 4.78 is 7.26. The number of rotatable bonds is 2. The van der Waals surface area contributed by atoms with Gasteiger partial charge in [0.1, 0.15) is 11.5 Å². The first-order chi connectivity index (χ1) is 17.2. The minimum Gasteiger partial charge on any atom is -0.388 e. The zero-order valence-corrected chi connectivity index (χ0v) is 21.2. The lowest BCUT2D eigenvalue weighted by Crippen LogP contribution is -2.66. The highest BCUT2D eigenvalue weighted by Crippen LogP contribution is 2.72. The molecule has 1 saturated heterocycles. The van der Waals surface area contributed by atoms with Crippen molar-refractivity contribution in [2.24, 2.45) is 16.7 Å². The molecular weight excluding hydrogens is 452 g/mol. The van der Waals surface area contributed by atoms with Gasteiger partial charge in [-0.1, -0.05) is 31.2 Å². The van der Waals surface area contributed by atoms with Gasteiger partial charge in [0, 0.05) is 17.3 Å². The number of likely N-dealkylation sites (N-methyl/N-ethyl adjacent to an activating group) is 1. The van der Waals surface area contributed by atoms with E-state index in [2.05, 4.69) is 53.5 Å². The third kappa shape index (κ3) is 2.54. The largest absolute Gasteiger partial charge is 0.388 e. The van der Waals surface area contributed by atoms with Crippen molar-refractivity contribution in [3.63, 3.8) is 0 Å². The average molecular weight is 487 g/mol. The zero-order chi connectivity index (χ0) is 25.1. The first kappa shape index (κ1) is 22.7. The molecule has 3 fully saturated rings. The molecule has 1 aromatic carbocycles. The second kappa shape index (κ2) is 7.08. The number of ether oxygens (including phenoxy) is 1. The van der Waals surface area contributed by atoms with Gasteiger partial charge in [0.15, 0.2) is 0 Å². The minimum atomic E-state index is -1.01. The molecule has 7 nitrogen and oxygen atoms in total. The van der Waals surface area contributed by atoms with Crippen molar-refractivity contribution in [2.75, 3.05) is 14.1 Å². The Balaban J connectivity index is 1.33. The summed E-state index contributed by atoms with van der Waals surface area (Å²) >= 11 is 0. The van der Waals surface area contributed by atoms with Crippen LogP contribution in [0.5, 0.6) is 0 Å². The van der Waals surface area contributed by atoms with Gasteiger partial charge in [-0.2, -0.15) is 10.4 Å². The van der Waals surface area contributed by atoms with Crippen molar-refractivity contribution >= 4 is 16.5 Å². The standard InChI is InChI=1S/C29H34N4O3/c1-26-8-9-27(16-30)13-20-24(34)25(35)22(33(2)3)14-28(20)10-11-29(27,36-28)23(26)7-6-19(26)17-4-5-18-15-31-32-21(18)12-17/h4-6,12-13,15,22-25,34-35H,7-11,14H2,1-3H3,(H,31,32)/t22-,23?,24+,25+,26+,27?,28+,29-/m0/s1. The zero-order valence-electron chi connectivity index (χ0n) is 21.2. The Kier molecular flexibility index (Phi) is 4.46. The third-order valence-electron chi connectivity index (χ3n) is 10.7. The average Bonchev–Trinajstić information content (AvgIpc) is 3.56. The van der Waals surface area contributed by atoms with Gasteiger partial charge >= 0.3 is 0 Å². The molecule has 2 unspecified atom stereocenters. The molecule has 188 valence electrons. The van der Waals surface area contributed by atoms with Crippen LogP contribution in [0.25, 0.3) is 16.5 Å². The molecule has 7 heteroatoms. The molecule has 0 amide bonds. The molecule has 1 aromatic heterocycles. The van der Waals surface area contributed by atoms with Crippen molar-refractivity contribution in [2.45, 2.75) is 74.9 Å². The molecule has 2 aromatic rings. The highest BCUT2D eigenvalue weighted by molar-refractivity contribution is 5.84. The summed E-state index contributed by atoms with van der Waals surface area (Å²) in [5.74, 6) is 0.171. The topological polar surface area (TPSA) is 105 Å². The van der Waals surface area contributed by atoms with Gasteiger partial charge in [-0.15, -0.1) is 0 Å². The van der Waals surface area contributed by atoms with E-state index in [-0.39, 0.29) is 17.4 Å². The van der Waals surface area contributed by atoms with E-state index in [9.17, 15) is 15.5 Å². The minimum absolute atomic E-state index is 0.112. The van der Waals surface area contributed by atoms with Crippen LogP contribution in [0.3, 0.4) is 0 Å². The molecule has 3 aliphatic carbocycles. The smallest absolute Gasteiger partial charge is 0.105 e. The molecule has 3 heterocycles. The highest BCUT2D eigenvalue weighted by Gasteiger charge is 2.74. The number of fused-ring (bicyclic) bond motifs is 2. The van der Waals surface area contributed by atoms with Crippen LogP contribution in [-0.2, 0) is 4.74 Å². The summed E-state index contributed by atoms with van der Waals surface area (Å²) in [6, 6.07) is 9.01. The predicted molar refractivity (Wildman–Crippen MR) is 136 cm³/mol. The number of allylic oxidation sites excluding steroid dienone is 2. The Hall–Kier alpha value is -2.50. The van der Waals surface area contributed by atoms with Crippen LogP contribution < -0.4 is 0 Å². The van der Waals surface area contributed by atoms with E-state index < -0.39 is 28.8 Å². The van der Waals surface area contributed by atoms with Crippen LogP contribution in [0.4, 0.5) is 0 Å². The fraction of sp³-hybridized carbons (Fsp3) is 0.586. The summed E-state index contributed by atoms with van der Waals surface area (Å²) in [5, 5.41) is 41.3. The number of nitriles is 1. The SMILES string of the molecule is CN(C)[C@H]1C[C@@]23CC[C@]4(O2)C2CC=C(c5ccc6cn[nH]c6c5)[C@@]2(C)CCC4(C#N)C=C3[C@@H](O)[C@@H]1O. The van der Waals surface area contributed by atoms with E-state index in [1.807, 2.05) is 25.2 Å². The number of aromatic nitrogens is 2. The van der Waals surface area contributed by atoms with Crippen LogP contribution in [0.1, 0.15) is 51.0 Å². The highest BCUT2D eigenvalue weighted by atomic mass is 16.5. The van der Waals surface area contributed by atoms with E-state index >= 15 is 0 Å². The summed E-state index contributed by atoms with van der Waals surface area (Å²) in [4.78, 5) is 1.99. The molecule has 7 rings (SSSR count). The van der Waals surface area contributed by atoms with Crippen molar-refractivity contribution in [1.82, 2.24) is 15.1 Å². The molecule has 2 bridgehead atoms. The number of benzene rings is 1. The van der Waals surface area contributed by atoms with Crippen LogP contribution in [0, 0.1) is 28.1 Å². The molecule has 2 spiro atoms. The van der Waals surface area contributed by atoms with Gasteiger partial charge < -0.3 is 19.8 Å². The van der Waals surface area contributed by atoms with Gasteiger partial charge in [0.25, 0.3) is 0 Å². The normalized spacial score (nSPS) is 45.0. The van der Waals surface area contributed by atoms with Crippen molar-refractivity contribution in [3.05, 3.63) is 47.7 Å². The van der Waals surface area contributed by atoms with E-state index in [4.69, 9.17) is 4.74 Å². The second-order valence-electron chi connectivity index (χ2n) is 12.3. The van der Waals surface area contributed by atoms with Gasteiger partial charge in [0.2, 0.25) is 0 Å². The fourth-order valence-corrected chi connectivity index (χ4v) is 8.79. The Bertz CT molecular complexity index is 1370. The summed E-state index contributed by atoms with van der Waals surface area (Å²) in [6.07, 6.45) is 9.00. The van der Waals surface area contributed by atoms with E-state index in [1.54, 1.807) is 0 Å². The number of aliphatic hydroxyl groups excluding tert-OH is 2. The van der Waals surface area contributed by atoms with Crippen LogP contribution >= 0.6 is 0 Å². The maximum absolute atomic E-state index is 11.2. The van der Waals surface area contributed by atoms with Crippen LogP contribution in [-0.4, -0.2) is 68.9 Å². The third-order valence-corrected chi connectivity index (χ3v) is 10.7. The molecule has 2 saturated carbocycles. The molecule has 36 heavy (non-hydrogen) atoms. The van der Waals surface area contributed by atoms with Gasteiger partial charge in [0.05, 0.1) is 35.1 Å². The Morgan fingerprint density at radius 3 is 2.81 bits per heavy atom. The number of hydrogen-bond acceptors (Lipinski definition) is 6. The van der Waals surface area contributed by atoms with Gasteiger partial charge in [-0.3, -0.25) is 5.10 Å². The number of nitrogens with one attached hydrogen (secondary N) is 1. The summed E-state index contributed by atoms with van der Waals surface area (Å²) in [5.41, 5.74) is 2.19. The fourth-order valence-electron chi connectivity index (χ4n) is 8.79. The Labute approximate surface area is 211 Å². The molecule has 5 aliphatic rings. The number of hydrogen-bond donors (Lipinski definition) is 3. The van der Waals surface area contributed by atoms with E-state index in [0.717, 1.165) is 42.2 Å². The lowest BCUT2D eigenvalue weighted by atomic mass is 9.49. The number of nitrogens with zero attached hydrogens (tertiary/aromatic N) is 3. The molecule has 3 N–H and O–H groups in total. The first-order valence-electron chi connectivity index (χ1n) is 13.2. The molecule has 0 radical (unpaired) electrons. The maximum Gasteiger partial charge on any atom is 0.105 e. The lowest BCUT2D eigenvalue weighted by Gasteiger charge is -2.61. The van der Waals surface area contributed by atoms with Gasteiger partial charge in [-0.05, 0) is 80.8 Å². The molecular formula is C29H34N4O3. The van der Waals surface area contributed by atoms with Crippen LogP contribution in [0.15, 0.2) is 42.1 Å². The summed E-state index contributed by atoms with van der Waals surface area (Å²) in [6.45, 7) is 2.36. The van der Waals surface area contributed by atoms with Crippen LogP contribution in [0.2, 0.25) is 0 Å². The number of aliphatic hydroxyl groups is 2. The Morgan fingerprint density at radius 2 is 2.03 bits per heavy atom. The predicted octanol–water partition coefficient (Wildman–Crippen LogP) is 3.56. The monoisotopic (exact) mass is 486 g/mol. The number of H-pyrrole nitrogens is 1. The number of aromatic amines is 1. The molecule has 2 aliphatic heterocycles. The second-order valence-corrected chi connectivity index (χ2v) is 12.3. The Morgan fingerprint density at radius 1 is 1.19 bits per heavy atom. The first-order valence-corrected chi connectivity index (χ1v) is 13.2. The van der Waals surface area contributed by atoms with Gasteiger partial charge in [-0.25, -0.2) is 0 Å². The summed E-state index contributed by atoms with van der Waals surface area (Å²) in [7, 11) is 3.89. The van der Waals surface area contributed by atoms with Crippen molar-refractivity contribution in [1.29, 1.82) is 5.26 Å². The molecule has 8 atom stereocenters. The van der Waals surface area contributed by atoms with Crippen molar-refractivity contribution < 1.29 is 14.9 Å². The quantitative estimate of drug-likeness (QED) is 0.561. The lowest BCUT2D eigenvalue weighted by molar-refractivity contribution is -0.223. The van der Waals surface area contributed by atoms with E-state index in [0.29, 0.717) is 12.8 Å². The van der Waals surface area contributed by atoms with E-state index in [1.165, 1.54) is 11.1 Å². The van der Waals surface area contributed by atoms with Crippen molar-refractivity contribution in [3.8, 4) is 6.07 Å². The maximum atomic E-state index is 11.2.